The number of carbonyl (C=O) groups is 3. The van der Waals surface area contributed by atoms with Gasteiger partial charge >= 0.3 is 5.97 Å². The first-order valence-electron chi connectivity index (χ1n) is 17.8. The number of nitrogens with zero attached hydrogens (tertiary/aromatic N) is 2. The molecule has 2 aromatic rings. The van der Waals surface area contributed by atoms with Gasteiger partial charge in [-0.3, -0.25) is 9.59 Å². The number of thiazole rings is 1. The van der Waals surface area contributed by atoms with Crippen LogP contribution in [0.1, 0.15) is 121 Å². The van der Waals surface area contributed by atoms with Crippen LogP contribution in [0.5, 0.6) is 5.75 Å². The minimum absolute atomic E-state index is 0.0864. The van der Waals surface area contributed by atoms with Crippen molar-refractivity contribution in [3.63, 3.8) is 0 Å². The Kier molecular flexibility index (Phi) is 16.7. The average Bonchev–Trinajstić information content (AvgIpc) is 3.63. The van der Waals surface area contributed by atoms with Crippen LogP contribution < -0.4 is 10.1 Å². The van der Waals surface area contributed by atoms with Gasteiger partial charge in [0.2, 0.25) is 46.6 Å². The molecule has 0 aliphatic carbocycles. The number of hydrogen-bond acceptors (Lipinski definition) is 8. The molecule has 2 heterocycles. The van der Waals surface area contributed by atoms with Gasteiger partial charge in [-0.25, -0.2) is 22.9 Å². The van der Waals surface area contributed by atoms with Gasteiger partial charge in [0.15, 0.2) is 5.69 Å². The molecule has 1 aliphatic rings. The molecule has 0 saturated carbocycles. The van der Waals surface area contributed by atoms with Crippen LogP contribution in [0.3, 0.4) is 0 Å². The van der Waals surface area contributed by atoms with E-state index in [4.69, 9.17) is 9.47 Å². The minimum atomic E-state index is -2.38. The van der Waals surface area contributed by atoms with Gasteiger partial charge in [0, 0.05) is 37.6 Å². The third kappa shape index (κ3) is 10.9. The zero-order valence-corrected chi connectivity index (χ0v) is 31.0. The number of aromatic nitrogens is 1. The highest BCUT2D eigenvalue weighted by atomic mass is 32.1. The van der Waals surface area contributed by atoms with E-state index in [-0.39, 0.29) is 41.7 Å². The van der Waals surface area contributed by atoms with Gasteiger partial charge in [0.25, 0.3) is 0 Å². The Hall–Kier alpha value is -3.17. The fourth-order valence-electron chi connectivity index (χ4n) is 5.97. The van der Waals surface area contributed by atoms with Crippen molar-refractivity contribution in [3.05, 3.63) is 45.2 Å². The average molecular weight is 748 g/mol. The summed E-state index contributed by atoms with van der Waals surface area (Å²) in [5.74, 6) is -15.4. The van der Waals surface area contributed by atoms with Gasteiger partial charge in [-0.1, -0.05) is 60.3 Å². The molecule has 0 spiro atoms. The topological polar surface area (TPSA) is 107 Å². The second-order valence-corrected chi connectivity index (χ2v) is 14.1. The molecule has 1 aromatic heterocycles. The quantitative estimate of drug-likeness (QED) is 0.0387. The molecule has 286 valence electrons. The number of carbonyl (C=O) groups excluding carboxylic acids is 3. The maximum absolute atomic E-state index is 14.6. The number of rotatable bonds is 19. The Morgan fingerprint density at radius 3 is 2.22 bits per heavy atom. The Morgan fingerprint density at radius 2 is 1.65 bits per heavy atom. The largest absolute Gasteiger partial charge is 0.415 e. The van der Waals surface area contributed by atoms with Crippen LogP contribution in [0.25, 0.3) is 0 Å². The molecule has 0 bridgehead atoms. The first kappa shape index (κ1) is 42.2. The van der Waals surface area contributed by atoms with Crippen molar-refractivity contribution in [2.75, 3.05) is 19.8 Å². The van der Waals surface area contributed by atoms with Crippen LogP contribution in [0, 0.1) is 40.9 Å². The Morgan fingerprint density at radius 1 is 0.980 bits per heavy atom. The number of hydrogen-bond donors (Lipinski definition) is 1. The summed E-state index contributed by atoms with van der Waals surface area (Å²) in [6, 6.07) is -1.20. The van der Waals surface area contributed by atoms with E-state index in [1.807, 2.05) is 32.6 Å². The zero-order chi connectivity index (χ0) is 37.8. The van der Waals surface area contributed by atoms with Gasteiger partial charge in [-0.2, -0.15) is 8.78 Å². The number of unbranched alkanes of at least 4 members (excludes halogenated alkanes) is 3. The number of ether oxygens (including phenoxy) is 3. The Balaban J connectivity index is 1.91. The molecule has 2 amide bonds. The highest BCUT2D eigenvalue weighted by molar-refractivity contribution is 7.09. The van der Waals surface area contributed by atoms with E-state index in [0.717, 1.165) is 49.9 Å². The van der Waals surface area contributed by atoms with Crippen LogP contribution in [0.2, 0.25) is 0 Å². The molecule has 1 fully saturated rings. The van der Waals surface area contributed by atoms with Crippen molar-refractivity contribution in [2.45, 2.75) is 124 Å². The third-order valence-electron chi connectivity index (χ3n) is 9.15. The van der Waals surface area contributed by atoms with E-state index in [0.29, 0.717) is 26.0 Å². The van der Waals surface area contributed by atoms with Crippen molar-refractivity contribution >= 4 is 29.1 Å². The maximum atomic E-state index is 14.6. The molecule has 9 nitrogen and oxygen atoms in total. The van der Waals surface area contributed by atoms with E-state index < -0.39 is 70.8 Å². The molecular weight excluding hydrogens is 697 g/mol. The highest BCUT2D eigenvalue weighted by Crippen LogP contribution is 2.33. The lowest BCUT2D eigenvalue weighted by Gasteiger charge is -2.40. The number of nitrogens with one attached hydrogen (secondary N) is 1. The lowest BCUT2D eigenvalue weighted by atomic mass is 9.92. The summed E-state index contributed by atoms with van der Waals surface area (Å²) in [6.07, 6.45) is 5.49. The summed E-state index contributed by atoms with van der Waals surface area (Å²) < 4.78 is 85.6. The van der Waals surface area contributed by atoms with E-state index in [1.54, 1.807) is 6.92 Å². The van der Waals surface area contributed by atoms with Gasteiger partial charge in [0.05, 0.1) is 0 Å². The number of benzene rings is 1. The molecular formula is C36H50F5N3O6S. The predicted molar refractivity (Wildman–Crippen MR) is 182 cm³/mol. The van der Waals surface area contributed by atoms with Crippen LogP contribution >= 0.6 is 11.3 Å². The summed E-state index contributed by atoms with van der Waals surface area (Å²) in [5, 5.41) is 4.52. The van der Waals surface area contributed by atoms with Crippen molar-refractivity contribution in [3.8, 4) is 5.75 Å². The monoisotopic (exact) mass is 747 g/mol. The molecule has 1 saturated heterocycles. The molecule has 0 unspecified atom stereocenters. The first-order valence-corrected chi connectivity index (χ1v) is 18.7. The van der Waals surface area contributed by atoms with Gasteiger partial charge < -0.3 is 24.4 Å². The smallest absolute Gasteiger partial charge is 0.363 e. The number of esters is 1. The first-order chi connectivity index (χ1) is 24.3. The summed E-state index contributed by atoms with van der Waals surface area (Å²) in [6.45, 7) is 12.8. The summed E-state index contributed by atoms with van der Waals surface area (Å²) in [5.41, 5.74) is -0.429. The van der Waals surface area contributed by atoms with E-state index >= 15 is 0 Å². The molecule has 3 rings (SSSR count). The molecule has 1 aromatic carbocycles. The molecule has 0 radical (unpaired) electrons. The van der Waals surface area contributed by atoms with Crippen LogP contribution in [0.4, 0.5) is 22.0 Å². The van der Waals surface area contributed by atoms with Crippen molar-refractivity contribution in [2.24, 2.45) is 11.8 Å². The predicted octanol–water partition coefficient (Wildman–Crippen LogP) is 8.06. The molecule has 51 heavy (non-hydrogen) atoms. The van der Waals surface area contributed by atoms with Crippen LogP contribution in [0.15, 0.2) is 5.38 Å². The molecule has 1 aliphatic heterocycles. The van der Waals surface area contributed by atoms with E-state index in [9.17, 15) is 36.3 Å². The van der Waals surface area contributed by atoms with Crippen LogP contribution in [-0.4, -0.2) is 65.6 Å². The van der Waals surface area contributed by atoms with Gasteiger partial charge in [-0.05, 0) is 44.4 Å². The standard InChI is InChI=1S/C36H50F5N3O6S/c1-7-10-11-13-16-44(35(46)31(21(6)8-2)43-33(45)24-15-12-14-17-49-24)23(20(4)5)18-25(48-9-3)34-42-22(19-51-34)36(47)50-32-29(40)27(38)26(37)28(39)30(32)41/h19-21,23-25,31H,7-18H2,1-6H3,(H,43,45)/t21-,23+,24+,25+,31-/m0/s1. The van der Waals surface area contributed by atoms with E-state index in [1.165, 1.54) is 5.38 Å². The second-order valence-electron chi connectivity index (χ2n) is 13.2. The Labute approximate surface area is 300 Å². The van der Waals surface area contributed by atoms with E-state index in [2.05, 4.69) is 22.0 Å². The van der Waals surface area contributed by atoms with Gasteiger partial charge in [0.1, 0.15) is 23.3 Å². The van der Waals surface area contributed by atoms with Crippen molar-refractivity contribution in [1.29, 1.82) is 0 Å². The molecule has 1 N–H and O–H groups in total. The lowest BCUT2D eigenvalue weighted by molar-refractivity contribution is -0.145. The lowest BCUT2D eigenvalue weighted by Crippen LogP contribution is -2.57. The summed E-state index contributed by atoms with van der Waals surface area (Å²) >= 11 is 0.984. The molecule has 5 atom stereocenters. The Bertz CT molecular complexity index is 1440. The molecule has 15 heteroatoms. The summed E-state index contributed by atoms with van der Waals surface area (Å²) in [4.78, 5) is 46.7. The highest BCUT2D eigenvalue weighted by Gasteiger charge is 2.38. The number of halogens is 5. The fourth-order valence-corrected chi connectivity index (χ4v) is 6.82. The summed E-state index contributed by atoms with van der Waals surface area (Å²) in [7, 11) is 0. The second kappa shape index (κ2) is 20.2. The van der Waals surface area contributed by atoms with Crippen LogP contribution in [-0.2, 0) is 19.1 Å². The minimum Gasteiger partial charge on any atom is -0.415 e. The SMILES string of the molecule is CCCCCCN(C(=O)[C@@H](NC(=O)[C@H]1CCCCO1)[C@@H](C)CC)[C@H](C[C@@H](OCC)c1nc(C(=O)Oc2c(F)c(F)c(F)c(F)c2F)cs1)C(C)C. The third-order valence-corrected chi connectivity index (χ3v) is 10.1. The van der Waals surface area contributed by atoms with Crippen molar-refractivity contribution < 1.29 is 50.5 Å². The maximum Gasteiger partial charge on any atom is 0.363 e. The normalized spacial score (nSPS) is 17.1. The van der Waals surface area contributed by atoms with Gasteiger partial charge in [-0.15, -0.1) is 11.3 Å². The fraction of sp³-hybridized carbons (Fsp3) is 0.667. The van der Waals surface area contributed by atoms with Crippen molar-refractivity contribution in [1.82, 2.24) is 15.2 Å². The number of amides is 2. The zero-order valence-electron chi connectivity index (χ0n) is 30.2.